The van der Waals surface area contributed by atoms with E-state index in [2.05, 4.69) is 23.8 Å². The molecule has 0 aliphatic carbocycles. The summed E-state index contributed by atoms with van der Waals surface area (Å²) in [5.74, 6) is -0.155. The Bertz CT molecular complexity index is 1480. The number of aryl methyl sites for hydroxylation is 1. The minimum absolute atomic E-state index is 0.0751. The highest BCUT2D eigenvalue weighted by Gasteiger charge is 2.50. The zero-order chi connectivity index (χ0) is 34.0. The number of phosphoric ester groups is 3. The van der Waals surface area contributed by atoms with Gasteiger partial charge in [0.15, 0.2) is 17.7 Å². The fourth-order valence-corrected chi connectivity index (χ4v) is 7.29. The zero-order valence-electron chi connectivity index (χ0n) is 25.1. The van der Waals surface area contributed by atoms with Crippen LogP contribution in [0.3, 0.4) is 0 Å². The molecule has 0 saturated carbocycles. The molecule has 3 rings (SSSR count). The van der Waals surface area contributed by atoms with Crippen molar-refractivity contribution < 1.29 is 70.9 Å². The lowest BCUT2D eigenvalue weighted by molar-refractivity contribution is -0.134. The van der Waals surface area contributed by atoms with Gasteiger partial charge in [0.05, 0.1) is 25.2 Å². The number of fused-ring (bicyclic) bond motifs is 1. The van der Waals surface area contributed by atoms with Crippen LogP contribution in [-0.2, 0) is 41.1 Å². The summed E-state index contributed by atoms with van der Waals surface area (Å²) < 4.78 is 62.0. The summed E-state index contributed by atoms with van der Waals surface area (Å²) in [5, 5.41) is 21.3. The molecule has 0 aromatic carbocycles. The molecule has 7 atom stereocenters. The average molecular weight is 705 g/mol. The number of Topliss-reactive ketones (excluding diaryl/α,β-unsaturated/α-hetero) is 1. The molecule has 0 spiro atoms. The van der Waals surface area contributed by atoms with Crippen molar-refractivity contribution in [2.75, 3.05) is 13.2 Å². The number of carbonyl (C=O) groups excluding carboxylic acids is 1. The van der Waals surface area contributed by atoms with Gasteiger partial charge in [0.25, 0.3) is 0 Å². The molecular formula is C23H39N4O15P3. The number of aromatic nitrogens is 4. The molecule has 3 heterocycles. The lowest BCUT2D eigenvalue weighted by Crippen LogP contribution is -2.39. The molecule has 45 heavy (non-hydrogen) atoms. The van der Waals surface area contributed by atoms with Crippen LogP contribution in [0.15, 0.2) is 12.7 Å². The van der Waals surface area contributed by atoms with Gasteiger partial charge in [-0.05, 0) is 19.3 Å². The molecule has 0 amide bonds. The van der Waals surface area contributed by atoms with Gasteiger partial charge in [0.1, 0.15) is 36.3 Å². The Morgan fingerprint density at radius 3 is 2.36 bits per heavy atom. The van der Waals surface area contributed by atoms with Crippen molar-refractivity contribution in [3.8, 4) is 0 Å². The van der Waals surface area contributed by atoms with Gasteiger partial charge < -0.3 is 34.5 Å². The van der Waals surface area contributed by atoms with E-state index < -0.39 is 78.5 Å². The van der Waals surface area contributed by atoms with Crippen LogP contribution >= 0.6 is 23.5 Å². The van der Waals surface area contributed by atoms with Crippen LogP contribution in [0.2, 0.25) is 0 Å². The maximum absolute atomic E-state index is 12.6. The molecule has 2 aromatic rings. The maximum atomic E-state index is 12.6. The van der Waals surface area contributed by atoms with E-state index >= 15 is 0 Å². The van der Waals surface area contributed by atoms with Crippen LogP contribution in [0.5, 0.6) is 0 Å². The topological polar surface area (TPSA) is 279 Å². The van der Waals surface area contributed by atoms with Crippen molar-refractivity contribution in [2.45, 2.75) is 84.5 Å². The van der Waals surface area contributed by atoms with E-state index in [1.165, 1.54) is 31.1 Å². The number of aliphatic hydroxyl groups is 2. The molecular weight excluding hydrogens is 665 g/mol. The smallest absolute Gasteiger partial charge is 0.386 e. The minimum Gasteiger partial charge on any atom is -0.386 e. The third kappa shape index (κ3) is 10.5. The Balaban J connectivity index is 1.66. The quantitative estimate of drug-likeness (QED) is 0.128. The molecule has 19 nitrogen and oxygen atoms in total. The van der Waals surface area contributed by atoms with Crippen LogP contribution < -0.4 is 0 Å². The summed E-state index contributed by atoms with van der Waals surface area (Å²) in [6, 6.07) is 0. The normalized spacial score (nSPS) is 24.5. The van der Waals surface area contributed by atoms with Crippen LogP contribution in [-0.4, -0.2) is 92.7 Å². The van der Waals surface area contributed by atoms with E-state index in [0.717, 1.165) is 6.42 Å². The Kier molecular flexibility index (Phi) is 12.4. The summed E-state index contributed by atoms with van der Waals surface area (Å²) in [4.78, 5) is 63.5. The van der Waals surface area contributed by atoms with E-state index in [-0.39, 0.29) is 12.1 Å². The molecule has 256 valence electrons. The highest BCUT2D eigenvalue weighted by atomic mass is 31.3. The molecule has 6 N–H and O–H groups in total. The lowest BCUT2D eigenvalue weighted by atomic mass is 9.84. The van der Waals surface area contributed by atoms with E-state index in [0.29, 0.717) is 23.5 Å². The van der Waals surface area contributed by atoms with Gasteiger partial charge in [-0.25, -0.2) is 28.6 Å². The first kappa shape index (κ1) is 37.9. The van der Waals surface area contributed by atoms with Crippen molar-refractivity contribution in [1.82, 2.24) is 19.5 Å². The Morgan fingerprint density at radius 1 is 1.09 bits per heavy atom. The first-order valence-electron chi connectivity index (χ1n) is 13.7. The number of rotatable bonds is 17. The van der Waals surface area contributed by atoms with Crippen LogP contribution in [0.25, 0.3) is 11.2 Å². The maximum Gasteiger partial charge on any atom is 0.481 e. The number of hydrogen-bond donors (Lipinski definition) is 6. The lowest BCUT2D eigenvalue weighted by Gasteiger charge is -2.30. The third-order valence-electron chi connectivity index (χ3n) is 6.84. The van der Waals surface area contributed by atoms with Crippen LogP contribution in [0.1, 0.15) is 58.9 Å². The van der Waals surface area contributed by atoms with Crippen molar-refractivity contribution in [3.05, 3.63) is 18.3 Å². The second kappa shape index (κ2) is 14.7. The third-order valence-corrected chi connectivity index (χ3v) is 9.94. The van der Waals surface area contributed by atoms with Gasteiger partial charge >= 0.3 is 23.5 Å². The number of ketones is 1. The van der Waals surface area contributed by atoms with Gasteiger partial charge in [-0.15, -0.1) is 0 Å². The highest BCUT2D eigenvalue weighted by molar-refractivity contribution is 7.61. The predicted molar refractivity (Wildman–Crippen MR) is 153 cm³/mol. The second-order valence-corrected chi connectivity index (χ2v) is 15.9. The van der Waals surface area contributed by atoms with Crippen molar-refractivity contribution in [1.29, 1.82) is 0 Å². The number of ether oxygens (including phenoxy) is 1. The zero-order valence-corrected chi connectivity index (χ0v) is 27.8. The number of hydrogen-bond acceptors (Lipinski definition) is 14. The summed E-state index contributed by atoms with van der Waals surface area (Å²) in [5.41, 5.74) is -0.399. The van der Waals surface area contributed by atoms with Crippen molar-refractivity contribution in [2.24, 2.45) is 11.3 Å². The van der Waals surface area contributed by atoms with E-state index in [9.17, 15) is 48.3 Å². The first-order valence-corrected chi connectivity index (χ1v) is 18.2. The number of imidazole rings is 1. The minimum atomic E-state index is -5.46. The van der Waals surface area contributed by atoms with Gasteiger partial charge in [0, 0.05) is 11.8 Å². The predicted octanol–water partition coefficient (Wildman–Crippen LogP) is 1.90. The fourth-order valence-electron chi connectivity index (χ4n) is 4.46. The van der Waals surface area contributed by atoms with E-state index in [1.807, 2.05) is 13.8 Å². The van der Waals surface area contributed by atoms with E-state index in [1.54, 1.807) is 6.92 Å². The molecule has 1 aliphatic rings. The molecule has 0 bridgehead atoms. The van der Waals surface area contributed by atoms with Crippen molar-refractivity contribution >= 4 is 40.4 Å². The molecule has 22 heteroatoms. The summed E-state index contributed by atoms with van der Waals surface area (Å²) in [6.45, 7) is 6.59. The van der Waals surface area contributed by atoms with Crippen LogP contribution in [0, 0.1) is 18.3 Å². The summed E-state index contributed by atoms with van der Waals surface area (Å²) in [7, 11) is -16.1. The molecule has 1 saturated heterocycles. The standard InChI is InChI=1S/C23H39N4O15P3/c1-13(2)7-6-8-15(28)20(30)23(4,5)10-39-45(36,37)42-44(34,35)38-9-16-19(41-43(31,32)33)18(29)22(40-16)27-12-26-17-14(3)24-11-25-21(17)27/h11-13,16,18-20,22,29-30H,6-10H2,1-5H3,(H,34,35)(H,36,37)(H2,31,32,33). The van der Waals surface area contributed by atoms with Crippen LogP contribution in [0.4, 0.5) is 0 Å². The van der Waals surface area contributed by atoms with Gasteiger partial charge in [0.2, 0.25) is 0 Å². The van der Waals surface area contributed by atoms with Gasteiger partial charge in [-0.2, -0.15) is 4.31 Å². The summed E-state index contributed by atoms with van der Waals surface area (Å²) in [6.07, 6.45) is -4.49. The number of carbonyl (C=O) groups is 1. The molecule has 7 unspecified atom stereocenters. The Hall–Kier alpha value is -1.53. The monoisotopic (exact) mass is 704 g/mol. The number of phosphoric acid groups is 3. The largest absolute Gasteiger partial charge is 0.481 e. The Labute approximate surface area is 258 Å². The fraction of sp³-hybridized carbons (Fsp3) is 0.739. The molecule has 1 aliphatic heterocycles. The molecule has 1 fully saturated rings. The molecule has 0 radical (unpaired) electrons. The number of aliphatic hydroxyl groups excluding tert-OH is 2. The molecule has 2 aromatic heterocycles. The average Bonchev–Trinajstić information content (AvgIpc) is 3.46. The van der Waals surface area contributed by atoms with Crippen molar-refractivity contribution in [3.63, 3.8) is 0 Å². The SMILES string of the molecule is Cc1ncnc2c1ncn2C1OC(COP(=O)(O)OP(=O)(O)OCC(C)(C)C(O)C(=O)CCCC(C)C)C(OP(=O)(O)O)C1O. The first-order chi connectivity index (χ1) is 20.6. The Morgan fingerprint density at radius 2 is 1.73 bits per heavy atom. The summed E-state index contributed by atoms with van der Waals surface area (Å²) >= 11 is 0. The van der Waals surface area contributed by atoms with Gasteiger partial charge in [-0.3, -0.25) is 22.9 Å². The second-order valence-electron chi connectivity index (χ2n) is 11.6. The highest BCUT2D eigenvalue weighted by Crippen LogP contribution is 2.61. The number of nitrogens with zero attached hydrogens (tertiary/aromatic N) is 4. The van der Waals surface area contributed by atoms with Gasteiger partial charge in [-0.1, -0.05) is 34.1 Å². The van der Waals surface area contributed by atoms with E-state index in [4.69, 9.17) is 13.8 Å².